The van der Waals surface area contributed by atoms with Gasteiger partial charge in [-0.3, -0.25) is 14.7 Å². The second-order valence-electron chi connectivity index (χ2n) is 12.6. The van der Waals surface area contributed by atoms with Crippen molar-refractivity contribution in [1.29, 1.82) is 0 Å². The molecule has 3 saturated heterocycles. The lowest BCUT2D eigenvalue weighted by atomic mass is 9.97. The summed E-state index contributed by atoms with van der Waals surface area (Å²) >= 11 is 0. The van der Waals surface area contributed by atoms with E-state index in [1.807, 2.05) is 48.2 Å². The fourth-order valence-electron chi connectivity index (χ4n) is 7.27. The van der Waals surface area contributed by atoms with Gasteiger partial charge in [-0.2, -0.15) is 50.5 Å². The molecule has 280 valence electrons. The first-order valence-electron chi connectivity index (χ1n) is 16.4. The second-order valence-corrected chi connectivity index (χ2v) is 12.6. The topological polar surface area (TPSA) is 88.3 Å². The Morgan fingerprint density at radius 1 is 1.13 bits per heavy atom. The van der Waals surface area contributed by atoms with Crippen LogP contribution in [-0.4, -0.2) is 108 Å². The summed E-state index contributed by atoms with van der Waals surface area (Å²) in [5, 5.41) is 2.31. The molecule has 0 spiro atoms. The molecule has 3 aliphatic rings. The van der Waals surface area contributed by atoms with Crippen molar-refractivity contribution in [3.05, 3.63) is 77.5 Å². The zero-order valence-electron chi connectivity index (χ0n) is 28.3. The number of piperazine rings is 1. The number of carbonyl (C=O) groups is 1. The summed E-state index contributed by atoms with van der Waals surface area (Å²) in [5.74, 6) is -0.497. The lowest BCUT2D eigenvalue weighted by molar-refractivity contribution is -0.128. The highest BCUT2D eigenvalue weighted by atomic mass is 32.1. The van der Waals surface area contributed by atoms with Gasteiger partial charge in [0.25, 0.3) is 0 Å². The van der Waals surface area contributed by atoms with Gasteiger partial charge in [0.1, 0.15) is 29.7 Å². The number of fused-ring (bicyclic) bond motifs is 4. The van der Waals surface area contributed by atoms with E-state index in [1.165, 1.54) is 6.08 Å². The number of carbonyl (C=O) groups excluding carboxylic acids is 1. The molecule has 15 heteroatoms. The van der Waals surface area contributed by atoms with E-state index in [1.54, 1.807) is 11.1 Å². The Morgan fingerprint density at radius 3 is 2.63 bits per heavy atom. The molecule has 7 rings (SSSR count). The predicted molar refractivity (Wildman–Crippen MR) is 217 cm³/mol. The minimum Gasteiger partial charge on any atom is -0.463 e. The average Bonchev–Trinajstić information content (AvgIpc) is 3.73. The first-order valence-corrected chi connectivity index (χ1v) is 16.4. The van der Waals surface area contributed by atoms with Crippen LogP contribution in [0.5, 0.6) is 6.01 Å². The number of halogens is 2. The number of pyridine rings is 1. The van der Waals surface area contributed by atoms with Gasteiger partial charge in [0.05, 0.1) is 24.7 Å². The fraction of sp³-hybridized carbons (Fsp3) is 0.432. The Balaban J connectivity index is 0.00000182. The van der Waals surface area contributed by atoms with Crippen LogP contribution in [-0.2, 0) is 9.53 Å². The number of aryl methyl sites for hydroxylation is 1. The van der Waals surface area contributed by atoms with Gasteiger partial charge >= 0.3 is 6.01 Å². The molecule has 2 aromatic heterocycles. The quantitative estimate of drug-likeness (QED) is 0.111. The van der Waals surface area contributed by atoms with Crippen LogP contribution in [0, 0.1) is 19.3 Å². The molecule has 0 N–H and O–H groups in total. The Morgan fingerprint density at radius 2 is 1.92 bits per heavy atom. The summed E-state index contributed by atoms with van der Waals surface area (Å²) < 4.78 is 41.3. The molecule has 0 aliphatic carbocycles. The number of amides is 1. The second kappa shape index (κ2) is 18.9. The average molecular weight is 772 g/mol. The molecule has 10 nitrogen and oxygen atoms in total. The summed E-state index contributed by atoms with van der Waals surface area (Å²) in [6.45, 7) is 12.6. The van der Waals surface area contributed by atoms with Crippen LogP contribution < -0.4 is 9.64 Å². The number of morpholine rings is 1. The molecule has 5 heterocycles. The largest absolute Gasteiger partial charge is 0.463 e. The number of hydrogen-bond acceptors (Lipinski definition) is 8. The Hall–Kier alpha value is -3.68. The van der Waals surface area contributed by atoms with Gasteiger partial charge in [0.15, 0.2) is 5.82 Å². The van der Waals surface area contributed by atoms with Gasteiger partial charge in [-0.05, 0) is 42.2 Å². The third-order valence-electron chi connectivity index (χ3n) is 9.56. The van der Waals surface area contributed by atoms with Crippen LogP contribution in [0.4, 0.5) is 14.6 Å². The number of rotatable bonds is 10. The first-order chi connectivity index (χ1) is 23.4. The molecule has 3 fully saturated rings. The fourth-order valence-corrected chi connectivity index (χ4v) is 7.27. The van der Waals surface area contributed by atoms with Crippen molar-refractivity contribution < 1.29 is 23.0 Å². The summed E-state index contributed by atoms with van der Waals surface area (Å²) in [5.41, 5.74) is 1.95. The third-order valence-corrected chi connectivity index (χ3v) is 9.56. The normalized spacial score (nSPS) is 19.5. The van der Waals surface area contributed by atoms with Gasteiger partial charge < -0.3 is 24.1 Å². The van der Waals surface area contributed by atoms with Gasteiger partial charge in [0.2, 0.25) is 12.5 Å². The predicted octanol–water partition coefficient (Wildman–Crippen LogP) is 5.97. The number of anilines is 1. The minimum atomic E-state index is -0.749. The van der Waals surface area contributed by atoms with Crippen molar-refractivity contribution in [3.8, 4) is 17.3 Å². The number of ether oxygens (including phenoxy) is 2. The van der Waals surface area contributed by atoms with Crippen LogP contribution in [0.2, 0.25) is 0 Å². The Kier molecular flexibility index (Phi) is 15.5. The van der Waals surface area contributed by atoms with Crippen LogP contribution in [0.25, 0.3) is 37.8 Å². The smallest absolute Gasteiger partial charge is 0.319 e. The van der Waals surface area contributed by atoms with Crippen molar-refractivity contribution in [2.75, 3.05) is 64.1 Å². The van der Waals surface area contributed by atoms with E-state index in [0.717, 1.165) is 54.9 Å². The van der Waals surface area contributed by atoms with E-state index in [2.05, 4.69) is 19.7 Å². The summed E-state index contributed by atoms with van der Waals surface area (Å²) in [6, 6.07) is 11.8. The van der Waals surface area contributed by atoms with Crippen LogP contribution in [0.1, 0.15) is 25.8 Å². The van der Waals surface area contributed by atoms with Crippen LogP contribution in [0.3, 0.4) is 0 Å². The number of hydrogen-bond donors (Lipinski definition) is 0. The lowest BCUT2D eigenvalue weighted by Crippen LogP contribution is -2.56. The van der Waals surface area contributed by atoms with Crippen LogP contribution >= 0.6 is 40.5 Å². The molecule has 3 atom stereocenters. The molecular formula is C37H47F2N7O3S3. The van der Waals surface area contributed by atoms with E-state index in [9.17, 15) is 9.18 Å². The van der Waals surface area contributed by atoms with E-state index in [4.69, 9.17) is 21.0 Å². The summed E-state index contributed by atoms with van der Waals surface area (Å²) in [7, 11) is 0. The maximum absolute atomic E-state index is 16.7. The molecule has 2 bridgehead atoms. The zero-order valence-corrected chi connectivity index (χ0v) is 31.3. The number of nitrogens with zero attached hydrogens (tertiary/aromatic N) is 7. The van der Waals surface area contributed by atoms with Gasteiger partial charge in [-0.15, -0.1) is 0 Å². The highest BCUT2D eigenvalue weighted by Gasteiger charge is 2.38. The number of benzene rings is 2. The number of allylic oxidation sites excluding steroid dienone is 1. The maximum Gasteiger partial charge on any atom is 0.319 e. The van der Waals surface area contributed by atoms with Crippen molar-refractivity contribution >= 4 is 73.9 Å². The highest BCUT2D eigenvalue weighted by Crippen LogP contribution is 2.36. The summed E-state index contributed by atoms with van der Waals surface area (Å²) in [4.78, 5) is 36.3. The number of aromatic nitrogens is 3. The van der Waals surface area contributed by atoms with Crippen LogP contribution in [0.15, 0.2) is 54.7 Å². The monoisotopic (exact) mass is 771 g/mol. The molecule has 4 aromatic rings. The molecule has 2 aromatic carbocycles. The highest BCUT2D eigenvalue weighted by molar-refractivity contribution is 7.59. The molecular weight excluding hydrogens is 725 g/mol. The van der Waals surface area contributed by atoms with Crippen molar-refractivity contribution in [2.24, 2.45) is 0 Å². The SMILES string of the molecule is C.S.S.S.[C-]#[N+]C[C@H]1CN(c2nc(OCCCN3C[C@@H]4C[C@H]3CO4)nc3c(F)c(-c4cccc5cccc(C)c45)ncc23)CCN1C(=O)/C=C/CF. The van der Waals surface area contributed by atoms with E-state index >= 15 is 4.39 Å². The zero-order chi connectivity index (χ0) is 33.2. The van der Waals surface area contributed by atoms with E-state index in [-0.39, 0.29) is 90.7 Å². The number of likely N-dealkylation sites (tertiary alicyclic amines) is 1. The Bertz CT molecular complexity index is 1930. The molecule has 0 radical (unpaired) electrons. The lowest BCUT2D eigenvalue weighted by Gasteiger charge is -2.39. The molecule has 3 aliphatic heterocycles. The van der Waals surface area contributed by atoms with Crippen molar-refractivity contribution in [1.82, 2.24) is 24.8 Å². The molecule has 0 saturated carbocycles. The van der Waals surface area contributed by atoms with Gasteiger partial charge in [-0.1, -0.05) is 43.8 Å². The minimum absolute atomic E-state index is 0. The van der Waals surface area contributed by atoms with E-state index < -0.39 is 18.5 Å². The van der Waals surface area contributed by atoms with E-state index in [0.29, 0.717) is 42.1 Å². The first kappa shape index (κ1) is 42.7. The third kappa shape index (κ3) is 8.58. The van der Waals surface area contributed by atoms with Gasteiger partial charge in [-0.25, -0.2) is 15.4 Å². The molecule has 52 heavy (non-hydrogen) atoms. The van der Waals surface area contributed by atoms with Crippen molar-refractivity contribution in [3.63, 3.8) is 0 Å². The van der Waals surface area contributed by atoms with Gasteiger partial charge in [0, 0.05) is 56.6 Å². The van der Waals surface area contributed by atoms with Crippen molar-refractivity contribution in [2.45, 2.75) is 45.4 Å². The standard InChI is InChI=1S/C36H37F2N7O3.CH4.3H2S/c1-23-7-3-8-24-9-4-10-28(31(23)24)33-32(38)34-29(19-40-33)35(44-14-15-45(26(20-44)18-39-2)30(46)11-5-12-37)42-36(41-34)47-16-6-13-43-21-27-17-25(43)22-48-27;;;;/h3-5,7-11,19,25-27H,6,12-18,20-22H2,1H3;1H4;3*1H2/b11-5+;;;;/t25-,26-,27-;;;;/m0..../s1. The Labute approximate surface area is 324 Å². The molecule has 0 unspecified atom stereocenters. The maximum atomic E-state index is 16.7. The summed E-state index contributed by atoms with van der Waals surface area (Å²) in [6.07, 6.45) is 6.11. The molecule has 1 amide bonds. The number of alkyl halides is 1.